The Morgan fingerprint density at radius 2 is 2.00 bits per heavy atom. The zero-order chi connectivity index (χ0) is 10.8. The predicted molar refractivity (Wildman–Crippen MR) is 51.8 cm³/mol. The lowest BCUT2D eigenvalue weighted by molar-refractivity contribution is -0.157. The van der Waals surface area contributed by atoms with E-state index in [-0.39, 0.29) is 6.61 Å². The molecule has 4 nitrogen and oxygen atoms in total. The highest BCUT2D eigenvalue weighted by atomic mass is 16.8. The SMILES string of the molecule is CCC[C@H](O)[C@@H]1OC(C)(C)O[C@@H]1CO. The number of rotatable bonds is 4. The molecule has 0 aromatic rings. The molecule has 0 aromatic heterocycles. The molecule has 0 unspecified atom stereocenters. The van der Waals surface area contributed by atoms with Gasteiger partial charge in [0.2, 0.25) is 0 Å². The van der Waals surface area contributed by atoms with Crippen molar-refractivity contribution in [3.05, 3.63) is 0 Å². The van der Waals surface area contributed by atoms with Crippen LogP contribution in [-0.2, 0) is 9.47 Å². The van der Waals surface area contributed by atoms with Gasteiger partial charge in [-0.05, 0) is 20.3 Å². The molecule has 2 N–H and O–H groups in total. The zero-order valence-corrected chi connectivity index (χ0v) is 9.06. The van der Waals surface area contributed by atoms with Crippen molar-refractivity contribution in [2.45, 2.75) is 57.7 Å². The fourth-order valence-corrected chi connectivity index (χ4v) is 1.79. The normalized spacial score (nSPS) is 33.2. The molecule has 84 valence electrons. The van der Waals surface area contributed by atoms with Crippen LogP contribution in [0.5, 0.6) is 0 Å². The smallest absolute Gasteiger partial charge is 0.164 e. The summed E-state index contributed by atoms with van der Waals surface area (Å²) in [6.45, 7) is 5.45. The van der Waals surface area contributed by atoms with Crippen LogP contribution < -0.4 is 0 Å². The molecular weight excluding hydrogens is 184 g/mol. The first-order valence-corrected chi connectivity index (χ1v) is 5.14. The van der Waals surface area contributed by atoms with E-state index >= 15 is 0 Å². The van der Waals surface area contributed by atoms with Crippen molar-refractivity contribution < 1.29 is 19.7 Å². The summed E-state index contributed by atoms with van der Waals surface area (Å²) in [5, 5.41) is 18.8. The highest BCUT2D eigenvalue weighted by Crippen LogP contribution is 2.30. The van der Waals surface area contributed by atoms with E-state index in [1.807, 2.05) is 6.92 Å². The second-order valence-electron chi connectivity index (χ2n) is 4.18. The molecule has 0 spiro atoms. The lowest BCUT2D eigenvalue weighted by Gasteiger charge is -2.21. The van der Waals surface area contributed by atoms with E-state index in [1.165, 1.54) is 0 Å². The Labute approximate surface area is 84.8 Å². The highest BCUT2D eigenvalue weighted by molar-refractivity contribution is 4.85. The van der Waals surface area contributed by atoms with Crippen molar-refractivity contribution in [1.82, 2.24) is 0 Å². The Balaban J connectivity index is 2.58. The Morgan fingerprint density at radius 3 is 2.50 bits per heavy atom. The molecule has 1 fully saturated rings. The van der Waals surface area contributed by atoms with Gasteiger partial charge in [0, 0.05) is 0 Å². The van der Waals surface area contributed by atoms with Gasteiger partial charge in [0.1, 0.15) is 12.2 Å². The average Bonchev–Trinajstić information content (AvgIpc) is 2.41. The van der Waals surface area contributed by atoms with Crippen molar-refractivity contribution in [2.24, 2.45) is 0 Å². The van der Waals surface area contributed by atoms with Gasteiger partial charge in [0.15, 0.2) is 5.79 Å². The van der Waals surface area contributed by atoms with Gasteiger partial charge in [0.05, 0.1) is 12.7 Å². The molecule has 1 saturated heterocycles. The van der Waals surface area contributed by atoms with E-state index in [4.69, 9.17) is 14.6 Å². The van der Waals surface area contributed by atoms with Crippen molar-refractivity contribution in [2.75, 3.05) is 6.61 Å². The summed E-state index contributed by atoms with van der Waals surface area (Å²) < 4.78 is 11.0. The molecule has 1 heterocycles. The summed E-state index contributed by atoms with van der Waals surface area (Å²) in [5.41, 5.74) is 0. The Bertz CT molecular complexity index is 181. The maximum absolute atomic E-state index is 9.77. The van der Waals surface area contributed by atoms with Crippen molar-refractivity contribution >= 4 is 0 Å². The topological polar surface area (TPSA) is 58.9 Å². The molecule has 1 aliphatic rings. The van der Waals surface area contributed by atoms with E-state index < -0.39 is 24.1 Å². The second-order valence-corrected chi connectivity index (χ2v) is 4.18. The highest BCUT2D eigenvalue weighted by Gasteiger charge is 2.43. The third-order valence-electron chi connectivity index (χ3n) is 2.37. The van der Waals surface area contributed by atoms with Gasteiger partial charge >= 0.3 is 0 Å². The molecule has 0 bridgehead atoms. The van der Waals surface area contributed by atoms with Crippen LogP contribution in [0.25, 0.3) is 0 Å². The third-order valence-corrected chi connectivity index (χ3v) is 2.37. The largest absolute Gasteiger partial charge is 0.394 e. The first-order chi connectivity index (χ1) is 6.50. The molecule has 0 radical (unpaired) electrons. The molecule has 1 aliphatic heterocycles. The summed E-state index contributed by atoms with van der Waals surface area (Å²) in [4.78, 5) is 0. The summed E-state index contributed by atoms with van der Waals surface area (Å²) in [6, 6.07) is 0. The van der Waals surface area contributed by atoms with Crippen molar-refractivity contribution in [3.63, 3.8) is 0 Å². The monoisotopic (exact) mass is 204 g/mol. The number of hydrogen-bond donors (Lipinski definition) is 2. The second kappa shape index (κ2) is 4.57. The average molecular weight is 204 g/mol. The lowest BCUT2D eigenvalue weighted by Crippen LogP contribution is -2.37. The Hall–Kier alpha value is -0.160. The minimum absolute atomic E-state index is 0.116. The van der Waals surface area contributed by atoms with Crippen LogP contribution in [0.3, 0.4) is 0 Å². The van der Waals surface area contributed by atoms with Gasteiger partial charge in [-0.3, -0.25) is 0 Å². The summed E-state index contributed by atoms with van der Waals surface area (Å²) in [6.07, 6.45) is 0.181. The molecule has 3 atom stereocenters. The van der Waals surface area contributed by atoms with E-state index in [0.29, 0.717) is 6.42 Å². The van der Waals surface area contributed by atoms with E-state index in [2.05, 4.69) is 0 Å². The number of hydrogen-bond acceptors (Lipinski definition) is 4. The van der Waals surface area contributed by atoms with Crippen LogP contribution >= 0.6 is 0 Å². The quantitative estimate of drug-likeness (QED) is 0.706. The third kappa shape index (κ3) is 2.67. The standard InChI is InChI=1S/C10H20O4/c1-4-5-7(12)9-8(6-11)13-10(2,3)14-9/h7-9,11-12H,4-6H2,1-3H3/t7-,8+,9-/m0/s1. The minimum atomic E-state index is -0.702. The Kier molecular flexibility index (Phi) is 3.89. The molecule has 4 heteroatoms. The molecule has 1 rings (SSSR count). The summed E-state index contributed by atoms with van der Waals surface area (Å²) >= 11 is 0. The van der Waals surface area contributed by atoms with Gasteiger partial charge in [-0.2, -0.15) is 0 Å². The van der Waals surface area contributed by atoms with E-state index in [1.54, 1.807) is 13.8 Å². The maximum atomic E-state index is 9.77. The van der Waals surface area contributed by atoms with Crippen LogP contribution in [0.15, 0.2) is 0 Å². The summed E-state index contributed by atoms with van der Waals surface area (Å²) in [5.74, 6) is -0.702. The minimum Gasteiger partial charge on any atom is -0.394 e. The maximum Gasteiger partial charge on any atom is 0.164 e. The fourth-order valence-electron chi connectivity index (χ4n) is 1.79. The number of aliphatic hydroxyl groups is 2. The van der Waals surface area contributed by atoms with Crippen LogP contribution in [0.4, 0.5) is 0 Å². The number of aliphatic hydroxyl groups excluding tert-OH is 2. The van der Waals surface area contributed by atoms with Crippen LogP contribution in [-0.4, -0.2) is 40.9 Å². The molecule has 0 aliphatic carbocycles. The zero-order valence-electron chi connectivity index (χ0n) is 9.06. The van der Waals surface area contributed by atoms with E-state index in [9.17, 15) is 5.11 Å². The van der Waals surface area contributed by atoms with Crippen LogP contribution in [0.2, 0.25) is 0 Å². The van der Waals surface area contributed by atoms with Gasteiger partial charge in [-0.15, -0.1) is 0 Å². The van der Waals surface area contributed by atoms with Crippen molar-refractivity contribution in [3.8, 4) is 0 Å². The lowest BCUT2D eigenvalue weighted by atomic mass is 10.0. The fraction of sp³-hybridized carbons (Fsp3) is 1.00. The predicted octanol–water partition coefficient (Wildman–Crippen LogP) is 0.660. The number of ether oxygens (including phenoxy) is 2. The molecule has 0 amide bonds. The first kappa shape index (κ1) is 11.9. The van der Waals surface area contributed by atoms with Gasteiger partial charge in [-0.25, -0.2) is 0 Å². The van der Waals surface area contributed by atoms with Gasteiger partial charge in [-0.1, -0.05) is 13.3 Å². The van der Waals surface area contributed by atoms with Gasteiger partial charge < -0.3 is 19.7 Å². The molecule has 0 saturated carbocycles. The molecule has 14 heavy (non-hydrogen) atoms. The van der Waals surface area contributed by atoms with E-state index in [0.717, 1.165) is 6.42 Å². The summed E-state index contributed by atoms with van der Waals surface area (Å²) in [7, 11) is 0. The first-order valence-electron chi connectivity index (χ1n) is 5.14. The van der Waals surface area contributed by atoms with Crippen LogP contribution in [0, 0.1) is 0 Å². The van der Waals surface area contributed by atoms with Crippen LogP contribution in [0.1, 0.15) is 33.6 Å². The molecular formula is C10H20O4. The van der Waals surface area contributed by atoms with Crippen molar-refractivity contribution in [1.29, 1.82) is 0 Å². The Morgan fingerprint density at radius 1 is 1.36 bits per heavy atom. The molecule has 0 aromatic carbocycles. The van der Waals surface area contributed by atoms with Gasteiger partial charge in [0.25, 0.3) is 0 Å².